The predicted octanol–water partition coefficient (Wildman–Crippen LogP) is 0.265. The molecule has 86 valence electrons. The molecule has 2 N–H and O–H groups in total. The van der Waals surface area contributed by atoms with Crippen molar-refractivity contribution in [3.63, 3.8) is 0 Å². The van der Waals surface area contributed by atoms with Crippen LogP contribution < -0.4 is 10.6 Å². The second kappa shape index (κ2) is 7.54. The number of piperidine rings is 1. The van der Waals surface area contributed by atoms with E-state index in [0.717, 1.165) is 44.9 Å². The molecule has 2 atom stereocenters. The highest BCUT2D eigenvalue weighted by molar-refractivity contribution is 5.58. The summed E-state index contributed by atoms with van der Waals surface area (Å²) in [5.74, 6) is 0. The summed E-state index contributed by atoms with van der Waals surface area (Å²) < 4.78 is 0. The minimum Gasteiger partial charge on any atom is -0.308 e. The highest BCUT2D eigenvalue weighted by Crippen LogP contribution is 2.03. The number of nitrogens with one attached hydrogen (secondary N) is 2. The lowest BCUT2D eigenvalue weighted by Gasteiger charge is -2.17. The fraction of sp³-hybridized carbons (Fsp3) is 0.818. The lowest BCUT2D eigenvalue weighted by atomic mass is 10.1. The second-order valence-electron chi connectivity index (χ2n) is 4.03. The Morgan fingerprint density at radius 2 is 1.33 bits per heavy atom. The van der Waals surface area contributed by atoms with Crippen LogP contribution in [0.4, 0.5) is 0 Å². The zero-order valence-corrected chi connectivity index (χ0v) is 9.08. The van der Waals surface area contributed by atoms with Crippen molar-refractivity contribution >= 4 is 12.6 Å². The molecular formula is C11H20N2O2. The van der Waals surface area contributed by atoms with Crippen molar-refractivity contribution in [2.24, 2.45) is 0 Å². The Hall–Kier alpha value is -0.740. The van der Waals surface area contributed by atoms with Crippen LogP contribution in [0.15, 0.2) is 0 Å². The largest absolute Gasteiger partial charge is 0.308 e. The summed E-state index contributed by atoms with van der Waals surface area (Å²) in [6, 6.07) is 0.323. The van der Waals surface area contributed by atoms with Gasteiger partial charge in [0, 0.05) is 0 Å². The van der Waals surface area contributed by atoms with Gasteiger partial charge in [-0.25, -0.2) is 0 Å². The van der Waals surface area contributed by atoms with E-state index in [0.29, 0.717) is 0 Å². The van der Waals surface area contributed by atoms with Crippen molar-refractivity contribution < 1.29 is 9.59 Å². The van der Waals surface area contributed by atoms with Crippen molar-refractivity contribution in [1.29, 1.82) is 0 Å². The Kier molecular flexibility index (Phi) is 6.20. The van der Waals surface area contributed by atoms with E-state index in [1.807, 2.05) is 0 Å². The number of carbonyl (C=O) groups excluding carboxylic acids is 2. The third-order valence-electron chi connectivity index (χ3n) is 2.78. The average molecular weight is 212 g/mol. The summed E-state index contributed by atoms with van der Waals surface area (Å²) >= 11 is 0. The van der Waals surface area contributed by atoms with Gasteiger partial charge in [-0.2, -0.15) is 0 Å². The van der Waals surface area contributed by atoms with Crippen LogP contribution in [0, 0.1) is 0 Å². The van der Waals surface area contributed by atoms with Crippen LogP contribution in [0.25, 0.3) is 0 Å². The number of hydrogen-bond donors (Lipinski definition) is 2. The van der Waals surface area contributed by atoms with Gasteiger partial charge in [0.1, 0.15) is 12.6 Å². The fourth-order valence-corrected chi connectivity index (χ4v) is 1.82. The van der Waals surface area contributed by atoms with E-state index in [2.05, 4.69) is 10.6 Å². The maximum Gasteiger partial charge on any atom is 0.136 e. The number of carbonyl (C=O) groups is 2. The third kappa shape index (κ3) is 5.04. The monoisotopic (exact) mass is 212 g/mol. The van der Waals surface area contributed by atoms with Gasteiger partial charge < -0.3 is 20.2 Å². The lowest BCUT2D eigenvalue weighted by molar-refractivity contribution is -0.110. The van der Waals surface area contributed by atoms with Crippen molar-refractivity contribution in [3.8, 4) is 0 Å². The zero-order valence-electron chi connectivity index (χ0n) is 9.08. The topological polar surface area (TPSA) is 58.2 Å². The van der Waals surface area contributed by atoms with Gasteiger partial charge in [-0.05, 0) is 38.8 Å². The van der Waals surface area contributed by atoms with Crippen molar-refractivity contribution in [2.45, 2.75) is 44.2 Å². The van der Waals surface area contributed by atoms with E-state index in [1.165, 1.54) is 12.8 Å². The summed E-state index contributed by atoms with van der Waals surface area (Å²) in [7, 11) is 0. The maximum absolute atomic E-state index is 10.1. The van der Waals surface area contributed by atoms with Crippen LogP contribution >= 0.6 is 0 Å². The van der Waals surface area contributed by atoms with Gasteiger partial charge in [-0.3, -0.25) is 0 Å². The molecule has 0 aliphatic carbocycles. The van der Waals surface area contributed by atoms with E-state index in [9.17, 15) is 9.59 Å². The smallest absolute Gasteiger partial charge is 0.136 e. The van der Waals surface area contributed by atoms with Crippen molar-refractivity contribution in [2.75, 3.05) is 13.1 Å². The molecule has 2 fully saturated rings. The second-order valence-corrected chi connectivity index (χ2v) is 4.03. The molecule has 0 aromatic rings. The number of aldehydes is 2. The molecule has 2 unspecified atom stereocenters. The molecule has 2 aliphatic rings. The molecule has 0 amide bonds. The van der Waals surface area contributed by atoms with E-state index >= 15 is 0 Å². The molecule has 0 radical (unpaired) electrons. The molecule has 15 heavy (non-hydrogen) atoms. The van der Waals surface area contributed by atoms with E-state index in [4.69, 9.17) is 0 Å². The molecule has 0 spiro atoms. The molecule has 0 aromatic heterocycles. The predicted molar refractivity (Wildman–Crippen MR) is 58.8 cm³/mol. The Morgan fingerprint density at radius 1 is 0.800 bits per heavy atom. The number of hydrogen-bond acceptors (Lipinski definition) is 4. The molecule has 2 rings (SSSR count). The molecule has 2 saturated heterocycles. The van der Waals surface area contributed by atoms with Crippen LogP contribution in [0.2, 0.25) is 0 Å². The highest BCUT2D eigenvalue weighted by Gasteiger charge is 2.10. The van der Waals surface area contributed by atoms with Gasteiger partial charge >= 0.3 is 0 Å². The molecule has 2 aliphatic heterocycles. The molecule has 0 saturated carbocycles. The van der Waals surface area contributed by atoms with Crippen LogP contribution in [0.1, 0.15) is 32.1 Å². The number of rotatable bonds is 2. The summed E-state index contributed by atoms with van der Waals surface area (Å²) in [6.45, 7) is 2.03. The van der Waals surface area contributed by atoms with E-state index in [-0.39, 0.29) is 12.1 Å². The summed E-state index contributed by atoms with van der Waals surface area (Å²) in [5.41, 5.74) is 0. The Bertz CT molecular complexity index is 185. The van der Waals surface area contributed by atoms with Gasteiger partial charge in [0.15, 0.2) is 0 Å². The van der Waals surface area contributed by atoms with Crippen molar-refractivity contribution in [1.82, 2.24) is 10.6 Å². The Morgan fingerprint density at radius 3 is 1.67 bits per heavy atom. The quantitative estimate of drug-likeness (QED) is 0.645. The summed E-state index contributed by atoms with van der Waals surface area (Å²) in [6.07, 6.45) is 7.63. The minimum atomic E-state index is 0.156. The SMILES string of the molecule is O=CC1CCCCN1.O=CC1CCCN1. The summed E-state index contributed by atoms with van der Waals surface area (Å²) in [4.78, 5) is 20.0. The Balaban J connectivity index is 0.000000151. The minimum absolute atomic E-state index is 0.156. The first-order valence-corrected chi connectivity index (χ1v) is 5.74. The highest BCUT2D eigenvalue weighted by atomic mass is 16.1. The van der Waals surface area contributed by atoms with E-state index < -0.39 is 0 Å². The molecule has 2 heterocycles. The molecule has 0 aromatic carbocycles. The van der Waals surface area contributed by atoms with Gasteiger partial charge in [-0.1, -0.05) is 6.42 Å². The van der Waals surface area contributed by atoms with Gasteiger partial charge in [0.25, 0.3) is 0 Å². The van der Waals surface area contributed by atoms with Crippen LogP contribution in [0.3, 0.4) is 0 Å². The first kappa shape index (κ1) is 12.3. The van der Waals surface area contributed by atoms with Crippen molar-refractivity contribution in [3.05, 3.63) is 0 Å². The normalized spacial score (nSPS) is 30.1. The molecule has 4 nitrogen and oxygen atoms in total. The fourth-order valence-electron chi connectivity index (χ4n) is 1.82. The first-order chi connectivity index (χ1) is 7.36. The molecular weight excluding hydrogens is 192 g/mol. The van der Waals surface area contributed by atoms with Crippen LogP contribution in [0.5, 0.6) is 0 Å². The first-order valence-electron chi connectivity index (χ1n) is 5.74. The van der Waals surface area contributed by atoms with Crippen LogP contribution in [-0.2, 0) is 9.59 Å². The molecule has 4 heteroatoms. The van der Waals surface area contributed by atoms with Gasteiger partial charge in [-0.15, -0.1) is 0 Å². The standard InChI is InChI=1S/C6H11NO.C5H9NO/c8-5-6-3-1-2-4-7-6;7-4-5-2-1-3-6-5/h5-7H,1-4H2;4-6H,1-3H2. The summed E-state index contributed by atoms with van der Waals surface area (Å²) in [5, 5.41) is 6.14. The van der Waals surface area contributed by atoms with Gasteiger partial charge in [0.05, 0.1) is 12.1 Å². The van der Waals surface area contributed by atoms with Gasteiger partial charge in [0.2, 0.25) is 0 Å². The average Bonchev–Trinajstić information content (AvgIpc) is 2.84. The zero-order chi connectivity index (χ0) is 10.9. The molecule has 0 bridgehead atoms. The maximum atomic E-state index is 10.1. The Labute approximate surface area is 90.8 Å². The lowest BCUT2D eigenvalue weighted by Crippen LogP contribution is -2.34. The third-order valence-corrected chi connectivity index (χ3v) is 2.78. The van der Waals surface area contributed by atoms with Crippen LogP contribution in [-0.4, -0.2) is 37.7 Å². The van der Waals surface area contributed by atoms with E-state index in [1.54, 1.807) is 0 Å².